The molecule has 2 aromatic carbocycles. The standard InChI is InChI=1S/C17H16FNO2/c18-15-4-1-12(2-5-15)10-17(20)19-11-13-3-6-16-14(9-13)7-8-21-16/h1-6,9H,7-8,10-11H2,(H,19,20). The summed E-state index contributed by atoms with van der Waals surface area (Å²) in [4.78, 5) is 11.9. The van der Waals surface area contributed by atoms with Crippen LogP contribution in [0.1, 0.15) is 16.7 Å². The third kappa shape index (κ3) is 3.40. The molecule has 21 heavy (non-hydrogen) atoms. The lowest BCUT2D eigenvalue weighted by molar-refractivity contribution is -0.120. The quantitative estimate of drug-likeness (QED) is 0.937. The van der Waals surface area contributed by atoms with Crippen molar-refractivity contribution in [2.75, 3.05) is 6.61 Å². The largest absolute Gasteiger partial charge is 0.493 e. The van der Waals surface area contributed by atoms with Crippen LogP contribution < -0.4 is 10.1 Å². The van der Waals surface area contributed by atoms with E-state index in [1.54, 1.807) is 12.1 Å². The van der Waals surface area contributed by atoms with Gasteiger partial charge in [-0.3, -0.25) is 4.79 Å². The van der Waals surface area contributed by atoms with E-state index in [2.05, 4.69) is 11.4 Å². The van der Waals surface area contributed by atoms with E-state index in [0.717, 1.165) is 29.9 Å². The van der Waals surface area contributed by atoms with E-state index in [0.29, 0.717) is 6.54 Å². The number of ether oxygens (including phenoxy) is 1. The third-order valence-electron chi connectivity index (χ3n) is 3.52. The van der Waals surface area contributed by atoms with E-state index in [1.165, 1.54) is 17.7 Å². The number of hydrogen-bond donors (Lipinski definition) is 1. The minimum Gasteiger partial charge on any atom is -0.493 e. The maximum absolute atomic E-state index is 12.8. The molecule has 2 aromatic rings. The van der Waals surface area contributed by atoms with Crippen LogP contribution in [-0.4, -0.2) is 12.5 Å². The van der Waals surface area contributed by atoms with Gasteiger partial charge in [0.15, 0.2) is 0 Å². The Hall–Kier alpha value is -2.36. The van der Waals surface area contributed by atoms with Crippen molar-refractivity contribution < 1.29 is 13.9 Å². The van der Waals surface area contributed by atoms with Gasteiger partial charge in [0.05, 0.1) is 13.0 Å². The molecule has 0 spiro atoms. The van der Waals surface area contributed by atoms with E-state index in [4.69, 9.17) is 4.74 Å². The van der Waals surface area contributed by atoms with E-state index >= 15 is 0 Å². The predicted molar refractivity (Wildman–Crippen MR) is 77.6 cm³/mol. The first-order chi connectivity index (χ1) is 10.2. The molecule has 4 heteroatoms. The molecule has 0 aliphatic carbocycles. The van der Waals surface area contributed by atoms with Crippen molar-refractivity contribution in [3.63, 3.8) is 0 Å². The van der Waals surface area contributed by atoms with Crippen molar-refractivity contribution in [3.8, 4) is 5.75 Å². The van der Waals surface area contributed by atoms with Crippen LogP contribution in [0.4, 0.5) is 4.39 Å². The molecule has 3 nitrogen and oxygen atoms in total. The molecule has 3 rings (SSSR count). The van der Waals surface area contributed by atoms with Gasteiger partial charge in [0.2, 0.25) is 5.91 Å². The lowest BCUT2D eigenvalue weighted by Crippen LogP contribution is -2.24. The van der Waals surface area contributed by atoms with Crippen molar-refractivity contribution in [1.82, 2.24) is 5.32 Å². The number of rotatable bonds is 4. The van der Waals surface area contributed by atoms with Gasteiger partial charge >= 0.3 is 0 Å². The Morgan fingerprint density at radius 2 is 1.90 bits per heavy atom. The first kappa shape index (κ1) is 13.6. The Morgan fingerprint density at radius 3 is 2.71 bits per heavy atom. The van der Waals surface area contributed by atoms with Gasteiger partial charge < -0.3 is 10.1 Å². The zero-order chi connectivity index (χ0) is 14.7. The van der Waals surface area contributed by atoms with Gasteiger partial charge in [0.25, 0.3) is 0 Å². The summed E-state index contributed by atoms with van der Waals surface area (Å²) in [6.45, 7) is 1.23. The van der Waals surface area contributed by atoms with Crippen LogP contribution in [0.5, 0.6) is 5.75 Å². The molecule has 0 radical (unpaired) electrons. The number of fused-ring (bicyclic) bond motifs is 1. The molecular formula is C17H16FNO2. The molecule has 0 unspecified atom stereocenters. The molecule has 0 saturated carbocycles. The molecular weight excluding hydrogens is 269 g/mol. The Balaban J connectivity index is 1.55. The number of amides is 1. The molecule has 0 saturated heterocycles. The average Bonchev–Trinajstić information content (AvgIpc) is 2.95. The van der Waals surface area contributed by atoms with E-state index in [-0.39, 0.29) is 18.1 Å². The number of benzene rings is 2. The molecule has 1 aliphatic rings. The van der Waals surface area contributed by atoms with Crippen LogP contribution in [0, 0.1) is 5.82 Å². The number of halogens is 1. The van der Waals surface area contributed by atoms with Gasteiger partial charge in [-0.15, -0.1) is 0 Å². The second kappa shape index (κ2) is 5.95. The number of carbonyl (C=O) groups is 1. The van der Waals surface area contributed by atoms with Crippen LogP contribution in [-0.2, 0) is 24.2 Å². The van der Waals surface area contributed by atoms with Crippen molar-refractivity contribution >= 4 is 5.91 Å². The van der Waals surface area contributed by atoms with Gasteiger partial charge in [-0.05, 0) is 34.9 Å². The summed E-state index contributed by atoms with van der Waals surface area (Å²) in [7, 11) is 0. The zero-order valence-electron chi connectivity index (χ0n) is 11.6. The predicted octanol–water partition coefficient (Wildman–Crippen LogP) is 2.62. The maximum Gasteiger partial charge on any atom is 0.224 e. The second-order valence-corrected chi connectivity index (χ2v) is 5.12. The molecule has 0 bridgehead atoms. The molecule has 0 aromatic heterocycles. The zero-order valence-corrected chi connectivity index (χ0v) is 11.6. The van der Waals surface area contributed by atoms with Crippen molar-refractivity contribution in [2.45, 2.75) is 19.4 Å². The summed E-state index contributed by atoms with van der Waals surface area (Å²) in [5, 5.41) is 2.88. The number of carbonyl (C=O) groups excluding carboxylic acids is 1. The van der Waals surface area contributed by atoms with Gasteiger partial charge in [0.1, 0.15) is 11.6 Å². The molecule has 0 atom stereocenters. The van der Waals surface area contributed by atoms with Crippen molar-refractivity contribution in [2.24, 2.45) is 0 Å². The van der Waals surface area contributed by atoms with Gasteiger partial charge in [-0.25, -0.2) is 4.39 Å². The molecule has 1 amide bonds. The second-order valence-electron chi connectivity index (χ2n) is 5.12. The molecule has 1 N–H and O–H groups in total. The summed E-state index contributed by atoms with van der Waals surface area (Å²) in [5.41, 5.74) is 3.06. The Morgan fingerprint density at radius 1 is 1.14 bits per heavy atom. The van der Waals surface area contributed by atoms with Gasteiger partial charge in [-0.1, -0.05) is 24.3 Å². The highest BCUT2D eigenvalue weighted by Gasteiger charge is 2.12. The lowest BCUT2D eigenvalue weighted by atomic mass is 10.1. The fourth-order valence-corrected chi connectivity index (χ4v) is 2.40. The normalized spacial score (nSPS) is 12.6. The first-order valence-electron chi connectivity index (χ1n) is 6.96. The molecule has 1 aliphatic heterocycles. The smallest absolute Gasteiger partial charge is 0.224 e. The monoisotopic (exact) mass is 285 g/mol. The lowest BCUT2D eigenvalue weighted by Gasteiger charge is -2.07. The Bertz CT molecular complexity index is 652. The minimum atomic E-state index is -0.292. The number of nitrogens with one attached hydrogen (secondary N) is 1. The molecule has 0 fully saturated rings. The molecule has 108 valence electrons. The third-order valence-corrected chi connectivity index (χ3v) is 3.52. The topological polar surface area (TPSA) is 38.3 Å². The SMILES string of the molecule is O=C(Cc1ccc(F)cc1)NCc1ccc2c(c1)CCO2. The highest BCUT2D eigenvalue weighted by Crippen LogP contribution is 2.25. The summed E-state index contributed by atoms with van der Waals surface area (Å²) in [6.07, 6.45) is 1.18. The van der Waals surface area contributed by atoms with E-state index in [9.17, 15) is 9.18 Å². The van der Waals surface area contributed by atoms with Crippen LogP contribution in [0.2, 0.25) is 0 Å². The maximum atomic E-state index is 12.8. The fourth-order valence-electron chi connectivity index (χ4n) is 2.40. The average molecular weight is 285 g/mol. The van der Waals surface area contributed by atoms with Crippen LogP contribution >= 0.6 is 0 Å². The van der Waals surface area contributed by atoms with Gasteiger partial charge in [0, 0.05) is 13.0 Å². The highest BCUT2D eigenvalue weighted by molar-refractivity contribution is 5.78. The Labute approximate surface area is 122 Å². The summed E-state index contributed by atoms with van der Waals surface area (Å²) in [6, 6.07) is 12.0. The van der Waals surface area contributed by atoms with Crippen LogP contribution in [0.25, 0.3) is 0 Å². The highest BCUT2D eigenvalue weighted by atomic mass is 19.1. The minimum absolute atomic E-state index is 0.0710. The first-order valence-corrected chi connectivity index (χ1v) is 6.96. The summed E-state index contributed by atoms with van der Waals surface area (Å²) < 4.78 is 18.2. The summed E-state index contributed by atoms with van der Waals surface area (Å²) in [5.74, 6) is 0.578. The van der Waals surface area contributed by atoms with Gasteiger partial charge in [-0.2, -0.15) is 0 Å². The molecule has 1 heterocycles. The van der Waals surface area contributed by atoms with Crippen molar-refractivity contribution in [1.29, 1.82) is 0 Å². The van der Waals surface area contributed by atoms with Crippen molar-refractivity contribution in [3.05, 3.63) is 65.0 Å². The van der Waals surface area contributed by atoms with E-state index in [1.807, 2.05) is 12.1 Å². The fraction of sp³-hybridized carbons (Fsp3) is 0.235. The number of hydrogen-bond acceptors (Lipinski definition) is 2. The Kier molecular flexibility index (Phi) is 3.86. The van der Waals surface area contributed by atoms with Crippen LogP contribution in [0.15, 0.2) is 42.5 Å². The summed E-state index contributed by atoms with van der Waals surface area (Å²) >= 11 is 0. The van der Waals surface area contributed by atoms with Crippen LogP contribution in [0.3, 0.4) is 0 Å². The van der Waals surface area contributed by atoms with E-state index < -0.39 is 0 Å².